The van der Waals surface area contributed by atoms with Crippen LogP contribution in [-0.2, 0) is 28.5 Å². The number of unbranched alkanes of at least 4 members (excludes halogenated alkanes) is 3. The van der Waals surface area contributed by atoms with Gasteiger partial charge in [-0.1, -0.05) is 12.8 Å². The minimum atomic E-state index is -1.55. The van der Waals surface area contributed by atoms with E-state index in [-0.39, 0.29) is 44.4 Å². The van der Waals surface area contributed by atoms with Crippen molar-refractivity contribution in [1.82, 2.24) is 4.90 Å². The molecule has 14 nitrogen and oxygen atoms in total. The first-order valence-corrected chi connectivity index (χ1v) is 14.0. The minimum absolute atomic E-state index is 0.0187. The molecule has 2 heterocycles. The van der Waals surface area contributed by atoms with Crippen molar-refractivity contribution in [2.45, 2.75) is 120 Å². The summed E-state index contributed by atoms with van der Waals surface area (Å²) >= 11 is 0. The Kier molecular flexibility index (Phi) is 15.4. The van der Waals surface area contributed by atoms with Crippen molar-refractivity contribution in [1.29, 1.82) is 0 Å². The van der Waals surface area contributed by atoms with Gasteiger partial charge in [0.1, 0.15) is 48.5 Å². The number of nitrogens with zero attached hydrogens (tertiary/aromatic N) is 1. The first-order valence-electron chi connectivity index (χ1n) is 14.0. The molecule has 2 fully saturated rings. The fourth-order valence-electron chi connectivity index (χ4n) is 4.61. The van der Waals surface area contributed by atoms with E-state index < -0.39 is 68.0 Å². The number of hydrogen-bond acceptors (Lipinski definition) is 13. The average molecular weight is 582 g/mol. The summed E-state index contributed by atoms with van der Waals surface area (Å²) in [5.74, 6) is -0.00591. The molecule has 2 saturated heterocycles. The predicted octanol–water partition coefficient (Wildman–Crippen LogP) is -2.20. The number of carbonyl (C=O) groups excluding carboxylic acids is 2. The molecule has 0 aromatic carbocycles. The second-order valence-corrected chi connectivity index (χ2v) is 10.5. The van der Waals surface area contributed by atoms with Gasteiger partial charge in [0.25, 0.3) is 0 Å². The van der Waals surface area contributed by atoms with Crippen LogP contribution in [0.1, 0.15) is 58.8 Å². The molecule has 0 aromatic rings. The molecule has 0 spiro atoms. The topological polar surface area (TPSA) is 216 Å². The molecule has 0 aromatic heterocycles. The second kappa shape index (κ2) is 17.6. The summed E-state index contributed by atoms with van der Waals surface area (Å²) in [6.45, 7) is 2.91. The van der Waals surface area contributed by atoms with Crippen LogP contribution in [0.15, 0.2) is 0 Å². The highest BCUT2D eigenvalue weighted by atomic mass is 16.7. The van der Waals surface area contributed by atoms with E-state index in [0.29, 0.717) is 19.3 Å². The lowest BCUT2D eigenvalue weighted by Crippen LogP contribution is -2.59. The van der Waals surface area contributed by atoms with Gasteiger partial charge in [0.05, 0.1) is 25.9 Å². The van der Waals surface area contributed by atoms with E-state index in [1.54, 1.807) is 11.8 Å². The van der Waals surface area contributed by atoms with Crippen LogP contribution < -0.4 is 0 Å². The van der Waals surface area contributed by atoms with E-state index in [1.165, 1.54) is 6.92 Å². The standard InChI is InChI=1S/C26H47NO13/c1-15(29)8-5-3-4-6-9-18(30)27(11-13-38-25-23(35)21(33)19(31)16(2)39-25)10-7-12-37-26-24(36)22(34)20(32)17(14-28)40-26/h16-17,19-26,28,31-36H,3-14H2,1-2H3/t16-,17+,19+,20+,21+,22-,23-,24-,25+,26+/m0/s1. The van der Waals surface area contributed by atoms with Gasteiger partial charge in [0, 0.05) is 25.9 Å². The van der Waals surface area contributed by atoms with Crippen LogP contribution in [0.2, 0.25) is 0 Å². The molecular weight excluding hydrogens is 534 g/mol. The van der Waals surface area contributed by atoms with Gasteiger partial charge in [0.15, 0.2) is 12.6 Å². The molecule has 0 saturated carbocycles. The van der Waals surface area contributed by atoms with Crippen molar-refractivity contribution in [3.63, 3.8) is 0 Å². The Hall–Kier alpha value is -1.30. The fraction of sp³-hybridized carbons (Fsp3) is 0.923. The first kappa shape index (κ1) is 34.9. The molecule has 0 unspecified atom stereocenters. The predicted molar refractivity (Wildman–Crippen MR) is 138 cm³/mol. The van der Waals surface area contributed by atoms with Crippen molar-refractivity contribution in [2.75, 3.05) is 32.9 Å². The number of ketones is 1. The van der Waals surface area contributed by atoms with E-state index in [4.69, 9.17) is 18.9 Å². The average Bonchev–Trinajstić information content (AvgIpc) is 2.92. The van der Waals surface area contributed by atoms with Gasteiger partial charge in [-0.05, 0) is 33.1 Å². The lowest BCUT2D eigenvalue weighted by atomic mass is 9.99. The van der Waals surface area contributed by atoms with Crippen LogP contribution in [0, 0.1) is 0 Å². The number of aliphatic hydroxyl groups excluding tert-OH is 7. The van der Waals surface area contributed by atoms with E-state index in [0.717, 1.165) is 19.3 Å². The van der Waals surface area contributed by atoms with Crippen LogP contribution >= 0.6 is 0 Å². The molecular formula is C26H47NO13. The van der Waals surface area contributed by atoms with Gasteiger partial charge in [-0.15, -0.1) is 0 Å². The van der Waals surface area contributed by atoms with Crippen LogP contribution in [0.4, 0.5) is 0 Å². The van der Waals surface area contributed by atoms with E-state index in [2.05, 4.69) is 0 Å². The molecule has 2 aliphatic heterocycles. The monoisotopic (exact) mass is 581 g/mol. The third-order valence-electron chi connectivity index (χ3n) is 7.18. The summed E-state index contributed by atoms with van der Waals surface area (Å²) in [4.78, 5) is 25.6. The molecule has 0 aliphatic carbocycles. The largest absolute Gasteiger partial charge is 0.394 e. The Morgan fingerprint density at radius 1 is 0.700 bits per heavy atom. The quantitative estimate of drug-likeness (QED) is 0.0909. The number of hydrogen-bond donors (Lipinski definition) is 7. The molecule has 40 heavy (non-hydrogen) atoms. The zero-order valence-corrected chi connectivity index (χ0v) is 23.3. The highest BCUT2D eigenvalue weighted by molar-refractivity contribution is 5.76. The normalized spacial score (nSPS) is 34.5. The molecule has 1 amide bonds. The highest BCUT2D eigenvalue weighted by Gasteiger charge is 2.44. The van der Waals surface area contributed by atoms with E-state index in [9.17, 15) is 45.3 Å². The SMILES string of the molecule is CC(=O)CCCCCCC(=O)N(CCCO[C@@H]1O[C@H](CO)[C@@H](O)[C@H](O)[C@@H]1O)CCO[C@@H]1O[C@@H](C)[C@@H](O)[C@@H](O)[C@@H]1O. The Morgan fingerprint density at radius 3 is 1.90 bits per heavy atom. The maximum absolute atomic E-state index is 13.0. The number of carbonyl (C=O) groups is 2. The van der Waals surface area contributed by atoms with Gasteiger partial charge in [0.2, 0.25) is 5.91 Å². The Balaban J connectivity index is 1.85. The molecule has 2 aliphatic rings. The van der Waals surface area contributed by atoms with Crippen molar-refractivity contribution >= 4 is 11.7 Å². The fourth-order valence-corrected chi connectivity index (χ4v) is 4.61. The molecule has 0 bridgehead atoms. The minimum Gasteiger partial charge on any atom is -0.394 e. The maximum atomic E-state index is 13.0. The number of ether oxygens (including phenoxy) is 4. The van der Waals surface area contributed by atoms with Gasteiger partial charge >= 0.3 is 0 Å². The van der Waals surface area contributed by atoms with Crippen molar-refractivity contribution in [3.8, 4) is 0 Å². The number of rotatable bonds is 17. The first-order chi connectivity index (χ1) is 19.0. The number of aliphatic hydroxyl groups is 7. The maximum Gasteiger partial charge on any atom is 0.222 e. The summed E-state index contributed by atoms with van der Waals surface area (Å²) in [5, 5.41) is 69.2. The molecule has 7 N–H and O–H groups in total. The molecule has 234 valence electrons. The van der Waals surface area contributed by atoms with Gasteiger partial charge in [-0.3, -0.25) is 4.79 Å². The third-order valence-corrected chi connectivity index (χ3v) is 7.18. The summed E-state index contributed by atoms with van der Waals surface area (Å²) in [7, 11) is 0. The van der Waals surface area contributed by atoms with Crippen LogP contribution in [-0.4, -0.2) is 147 Å². The highest BCUT2D eigenvalue weighted by Crippen LogP contribution is 2.23. The van der Waals surface area contributed by atoms with Gasteiger partial charge < -0.3 is 64.4 Å². The molecule has 2 rings (SSSR count). The van der Waals surface area contributed by atoms with Gasteiger partial charge in [-0.2, -0.15) is 0 Å². The Bertz CT molecular complexity index is 756. The summed E-state index contributed by atoms with van der Waals surface area (Å²) in [6.07, 6.45) is -8.85. The zero-order chi connectivity index (χ0) is 29.8. The molecule has 0 radical (unpaired) electrons. The zero-order valence-electron chi connectivity index (χ0n) is 23.3. The summed E-state index contributed by atoms with van der Waals surface area (Å²) in [6, 6.07) is 0. The Morgan fingerprint density at radius 2 is 1.27 bits per heavy atom. The van der Waals surface area contributed by atoms with Gasteiger partial charge in [-0.25, -0.2) is 0 Å². The molecule has 10 atom stereocenters. The number of Topliss-reactive ketones (excluding diaryl/α,β-unsaturated/α-hetero) is 1. The Labute approximate surface area is 234 Å². The number of amides is 1. The van der Waals surface area contributed by atoms with Crippen molar-refractivity contribution in [3.05, 3.63) is 0 Å². The van der Waals surface area contributed by atoms with Crippen molar-refractivity contribution < 1.29 is 64.3 Å². The van der Waals surface area contributed by atoms with Crippen LogP contribution in [0.3, 0.4) is 0 Å². The van der Waals surface area contributed by atoms with Crippen LogP contribution in [0.5, 0.6) is 0 Å². The lowest BCUT2D eigenvalue weighted by molar-refractivity contribution is -0.301. The second-order valence-electron chi connectivity index (χ2n) is 10.5. The van der Waals surface area contributed by atoms with E-state index in [1.807, 2.05) is 0 Å². The smallest absolute Gasteiger partial charge is 0.222 e. The molecule has 14 heteroatoms. The van der Waals surface area contributed by atoms with Crippen molar-refractivity contribution in [2.24, 2.45) is 0 Å². The lowest BCUT2D eigenvalue weighted by Gasteiger charge is -2.39. The summed E-state index contributed by atoms with van der Waals surface area (Å²) in [5.41, 5.74) is 0. The van der Waals surface area contributed by atoms with Crippen LogP contribution in [0.25, 0.3) is 0 Å². The van der Waals surface area contributed by atoms with E-state index >= 15 is 0 Å². The summed E-state index contributed by atoms with van der Waals surface area (Å²) < 4.78 is 21.8. The third kappa shape index (κ3) is 10.5.